The zero-order valence-corrected chi connectivity index (χ0v) is 44.2. The van der Waals surface area contributed by atoms with Gasteiger partial charge in [-0.25, -0.2) is 0 Å². The van der Waals surface area contributed by atoms with Gasteiger partial charge in [-0.05, 0) is 125 Å². The molecule has 17 nitrogen and oxygen atoms in total. The van der Waals surface area contributed by atoms with Gasteiger partial charge in [-0.2, -0.15) is 38.2 Å². The van der Waals surface area contributed by atoms with Crippen LogP contribution in [0.4, 0.5) is 11.4 Å². The fraction of sp³-hybridized carbons (Fsp3) is 0.532. The molecule has 382 valence electrons. The number of rotatable bonds is 26. The Morgan fingerprint density at radius 2 is 1.33 bits per heavy atom. The highest BCUT2D eigenvalue weighted by molar-refractivity contribution is 7.87. The van der Waals surface area contributed by atoms with Crippen molar-refractivity contribution in [2.45, 2.75) is 105 Å². The van der Waals surface area contributed by atoms with Crippen LogP contribution in [-0.2, 0) is 77.6 Å². The number of hydrogen-bond acceptors (Lipinski definition) is 15. The standard InChI is InChI=1S/C47H63ClN2O15S4/c1-46(25-12-30-66(53,54)62-4)38-32-36(68(57,58)64-6)19-21-40(38)49(27-10-8-9-16-44(51)52)42(46)23-17-34-14-11-15-35(45(34)48)18-24-43-47(2,26-13-31-67(55,56)63-5)39-33-37(69(59,60)65-7)20-22-41(39)50(43)28-29-61-3/h17-24,32-33H,8-16,25-31H2,1-7H3/p+1. The van der Waals surface area contributed by atoms with Gasteiger partial charge in [0, 0.05) is 66.0 Å². The van der Waals surface area contributed by atoms with Crippen molar-refractivity contribution in [2.75, 3.05) is 71.7 Å². The highest BCUT2D eigenvalue weighted by Crippen LogP contribution is 2.52. The van der Waals surface area contributed by atoms with Crippen LogP contribution in [0, 0.1) is 0 Å². The van der Waals surface area contributed by atoms with Gasteiger partial charge in [0.15, 0.2) is 5.71 Å². The lowest BCUT2D eigenvalue weighted by Gasteiger charge is -2.30. The summed E-state index contributed by atoms with van der Waals surface area (Å²) in [5.41, 5.74) is 4.15. The molecule has 0 saturated carbocycles. The number of fused-ring (bicyclic) bond motifs is 2. The fourth-order valence-corrected chi connectivity index (χ4v) is 12.4. The van der Waals surface area contributed by atoms with Crippen LogP contribution in [-0.4, -0.2) is 122 Å². The van der Waals surface area contributed by atoms with Crippen molar-refractivity contribution in [3.05, 3.63) is 93.7 Å². The van der Waals surface area contributed by atoms with Crippen LogP contribution in [0.2, 0.25) is 0 Å². The lowest BCUT2D eigenvalue weighted by atomic mass is 9.75. The molecule has 5 rings (SSSR count). The Kier molecular flexibility index (Phi) is 18.9. The monoisotopic (exact) mass is 1060 g/mol. The van der Waals surface area contributed by atoms with E-state index in [0.29, 0.717) is 74.4 Å². The van der Waals surface area contributed by atoms with Gasteiger partial charge in [0.2, 0.25) is 5.69 Å². The van der Waals surface area contributed by atoms with Gasteiger partial charge in [-0.15, -0.1) is 0 Å². The highest BCUT2D eigenvalue weighted by Gasteiger charge is 2.48. The van der Waals surface area contributed by atoms with Crippen molar-refractivity contribution in [3.63, 3.8) is 0 Å². The highest BCUT2D eigenvalue weighted by atomic mass is 35.5. The number of ether oxygens (including phenoxy) is 1. The smallest absolute Gasteiger partial charge is 0.303 e. The third-order valence-electron chi connectivity index (χ3n) is 13.2. The lowest BCUT2D eigenvalue weighted by molar-refractivity contribution is -0.438. The number of unbranched alkanes of at least 4 members (excludes halogenated alkanes) is 2. The molecule has 2 atom stereocenters. The average molecular weight is 1060 g/mol. The van der Waals surface area contributed by atoms with E-state index in [0.717, 1.165) is 68.8 Å². The topological polar surface area (TPSA) is 226 Å². The molecular weight excluding hydrogens is 996 g/mol. The first-order valence-corrected chi connectivity index (χ1v) is 28.9. The second-order valence-corrected chi connectivity index (χ2v) is 25.0. The van der Waals surface area contributed by atoms with E-state index in [2.05, 4.69) is 4.58 Å². The number of halogens is 1. The Labute approximate surface area is 413 Å². The third-order valence-corrected chi connectivity index (χ3v) is 18.8. The first-order chi connectivity index (χ1) is 32.4. The summed E-state index contributed by atoms with van der Waals surface area (Å²) >= 11 is 7.32. The van der Waals surface area contributed by atoms with Gasteiger partial charge in [0.1, 0.15) is 6.54 Å². The average Bonchev–Trinajstić information content (AvgIpc) is 3.68. The lowest BCUT2D eigenvalue weighted by Crippen LogP contribution is -2.32. The predicted molar refractivity (Wildman–Crippen MR) is 263 cm³/mol. The van der Waals surface area contributed by atoms with Crippen molar-refractivity contribution in [2.24, 2.45) is 0 Å². The molecule has 0 saturated heterocycles. The summed E-state index contributed by atoms with van der Waals surface area (Å²) in [5.74, 6) is -1.42. The van der Waals surface area contributed by atoms with E-state index in [4.69, 9.17) is 33.1 Å². The third kappa shape index (κ3) is 13.0. The normalized spacial score (nSPS) is 21.3. The summed E-state index contributed by atoms with van der Waals surface area (Å²) in [5, 5.41) is 9.76. The molecule has 1 aliphatic carbocycles. The molecular formula is C47H64ClN2O15S4+. The number of carboxylic acids is 1. The summed E-state index contributed by atoms with van der Waals surface area (Å²) in [6.07, 6.45) is 12.4. The van der Waals surface area contributed by atoms with E-state index in [9.17, 15) is 43.6 Å². The van der Waals surface area contributed by atoms with Crippen LogP contribution < -0.4 is 4.90 Å². The zero-order valence-electron chi connectivity index (χ0n) is 40.2. The van der Waals surface area contributed by atoms with Crippen LogP contribution in [0.15, 0.2) is 92.4 Å². The molecule has 2 aromatic carbocycles. The van der Waals surface area contributed by atoms with E-state index in [-0.39, 0.29) is 47.0 Å². The number of allylic oxidation sites excluding steroid dienone is 8. The number of carboxylic acid groups (broad SMARTS) is 1. The minimum absolute atomic E-state index is 0.0197. The first kappa shape index (κ1) is 56.1. The first-order valence-electron chi connectivity index (χ1n) is 22.5. The van der Waals surface area contributed by atoms with E-state index >= 15 is 0 Å². The maximum atomic E-state index is 13.0. The summed E-state index contributed by atoms with van der Waals surface area (Å²) in [6.45, 7) is 5.06. The molecule has 0 aromatic heterocycles. The molecule has 0 radical (unpaired) electrons. The Hall–Kier alpha value is -3.77. The van der Waals surface area contributed by atoms with Gasteiger partial charge < -0.3 is 14.7 Å². The van der Waals surface area contributed by atoms with Gasteiger partial charge in [0.25, 0.3) is 40.5 Å². The molecule has 1 N–H and O–H groups in total. The van der Waals surface area contributed by atoms with Crippen LogP contribution in [0.3, 0.4) is 0 Å². The summed E-state index contributed by atoms with van der Waals surface area (Å²) in [6, 6.07) is 9.51. The van der Waals surface area contributed by atoms with E-state index in [1.165, 1.54) is 12.1 Å². The Balaban J connectivity index is 1.64. The quantitative estimate of drug-likeness (QED) is 0.0552. The molecule has 22 heteroatoms. The molecule has 2 aromatic rings. The summed E-state index contributed by atoms with van der Waals surface area (Å²) < 4.78 is 129. The van der Waals surface area contributed by atoms with Gasteiger partial charge in [-0.3, -0.25) is 21.5 Å². The van der Waals surface area contributed by atoms with Gasteiger partial charge >= 0.3 is 5.97 Å². The number of methoxy groups -OCH3 is 1. The van der Waals surface area contributed by atoms with Crippen LogP contribution in [0.5, 0.6) is 0 Å². The minimum Gasteiger partial charge on any atom is -0.481 e. The fourth-order valence-electron chi connectivity index (χ4n) is 9.42. The SMILES string of the molecule is COCCN1/C(=C/C=C2\CCCC(/C=C/C3=[N+](CCCCCC(=O)O)c4ccc(S(=O)(=O)OC)cc4C3(C)CCCS(=O)(=O)OC)=C2Cl)C(C)(CCCS(=O)(=O)OC)c2cc(S(=O)(=O)OC)ccc21. The van der Waals surface area contributed by atoms with Crippen molar-refractivity contribution in [3.8, 4) is 0 Å². The van der Waals surface area contributed by atoms with Crippen LogP contribution in [0.25, 0.3) is 0 Å². The minimum atomic E-state index is -4.11. The Bertz CT molecular complexity index is 2870. The predicted octanol–water partition coefficient (Wildman–Crippen LogP) is 7.34. The maximum Gasteiger partial charge on any atom is 0.303 e. The maximum absolute atomic E-state index is 13.0. The molecule has 0 spiro atoms. The van der Waals surface area contributed by atoms with Gasteiger partial charge in [-0.1, -0.05) is 23.8 Å². The van der Waals surface area contributed by atoms with E-state index in [1.54, 1.807) is 31.4 Å². The van der Waals surface area contributed by atoms with Crippen molar-refractivity contribution in [1.29, 1.82) is 0 Å². The Morgan fingerprint density at radius 1 is 0.739 bits per heavy atom. The summed E-state index contributed by atoms with van der Waals surface area (Å²) in [7, 11) is -9.86. The number of hydrogen-bond donors (Lipinski definition) is 1. The number of benzene rings is 2. The molecule has 0 fully saturated rings. The largest absolute Gasteiger partial charge is 0.481 e. The van der Waals surface area contributed by atoms with Gasteiger partial charge in [0.05, 0.1) is 61.8 Å². The number of nitrogens with zero attached hydrogens (tertiary/aromatic N) is 2. The van der Waals surface area contributed by atoms with Crippen molar-refractivity contribution in [1.82, 2.24) is 0 Å². The number of anilines is 1. The van der Waals surface area contributed by atoms with Crippen LogP contribution >= 0.6 is 11.6 Å². The number of carbonyl (C=O) groups is 1. The molecule has 69 heavy (non-hydrogen) atoms. The van der Waals surface area contributed by atoms with E-state index in [1.807, 2.05) is 43.1 Å². The van der Waals surface area contributed by atoms with Crippen LogP contribution in [0.1, 0.15) is 95.6 Å². The molecule has 0 amide bonds. The van der Waals surface area contributed by atoms with Crippen molar-refractivity contribution >= 4 is 75.1 Å². The molecule has 2 unspecified atom stereocenters. The molecule has 2 aliphatic heterocycles. The second-order valence-electron chi connectivity index (χ2n) is 17.5. The Morgan fingerprint density at radius 3 is 1.91 bits per heavy atom. The second kappa shape index (κ2) is 23.2. The molecule has 3 aliphatic rings. The van der Waals surface area contributed by atoms with E-state index < -0.39 is 57.3 Å². The van der Waals surface area contributed by atoms with Crippen molar-refractivity contribution < 1.29 is 69.6 Å². The molecule has 2 heterocycles. The molecule has 0 bridgehead atoms. The number of aliphatic carboxylic acids is 1. The zero-order chi connectivity index (χ0) is 51.0. The summed E-state index contributed by atoms with van der Waals surface area (Å²) in [4.78, 5) is 13.2.